The standard InChI is InChI=1S/C21H28ClN5O3/c1-21(2,3)18(20(30)24-10-12-28)25-19(29)17-15-13-14(22)7-8-16(15)27(26-17)11-6-4-5-9-23/h7-8,13,18,28H,4-6,10-12H2,1-3H3,(H,24,30)(H,25,29)/t18-/m1/s1. The monoisotopic (exact) mass is 433 g/mol. The number of fused-ring (bicyclic) bond motifs is 1. The number of hydrogen-bond acceptors (Lipinski definition) is 5. The van der Waals surface area contributed by atoms with Gasteiger partial charge in [0.05, 0.1) is 18.2 Å². The number of benzene rings is 1. The SMILES string of the molecule is CC(C)(C)[C@H](NC(=O)c1nn(CCCCC#N)c2ccc(Cl)cc12)C(=O)NCCO. The molecule has 0 aliphatic rings. The largest absolute Gasteiger partial charge is 0.395 e. The van der Waals surface area contributed by atoms with Crippen LogP contribution in [0.15, 0.2) is 18.2 Å². The van der Waals surface area contributed by atoms with Crippen LogP contribution in [-0.4, -0.2) is 45.9 Å². The molecule has 30 heavy (non-hydrogen) atoms. The van der Waals surface area contributed by atoms with E-state index in [9.17, 15) is 9.59 Å². The highest BCUT2D eigenvalue weighted by atomic mass is 35.5. The molecule has 0 saturated heterocycles. The summed E-state index contributed by atoms with van der Waals surface area (Å²) in [6.07, 6.45) is 1.96. The lowest BCUT2D eigenvalue weighted by Gasteiger charge is -2.30. The Balaban J connectivity index is 2.33. The molecule has 162 valence electrons. The number of rotatable bonds is 9. The molecule has 9 heteroatoms. The number of carbonyl (C=O) groups is 2. The third-order valence-electron chi connectivity index (χ3n) is 4.65. The van der Waals surface area contributed by atoms with Crippen LogP contribution in [-0.2, 0) is 11.3 Å². The number of aryl methyl sites for hydroxylation is 1. The number of aliphatic hydroxyl groups excluding tert-OH is 1. The molecule has 0 fully saturated rings. The Morgan fingerprint density at radius 3 is 2.70 bits per heavy atom. The number of halogens is 1. The quantitative estimate of drug-likeness (QED) is 0.525. The summed E-state index contributed by atoms with van der Waals surface area (Å²) in [4.78, 5) is 25.6. The van der Waals surface area contributed by atoms with Crippen LogP contribution in [0.5, 0.6) is 0 Å². The number of amides is 2. The van der Waals surface area contributed by atoms with Crippen molar-refractivity contribution in [2.24, 2.45) is 5.41 Å². The molecule has 1 atom stereocenters. The highest BCUT2D eigenvalue weighted by Crippen LogP contribution is 2.25. The average molecular weight is 434 g/mol. The maximum absolute atomic E-state index is 13.1. The fraction of sp³-hybridized carbons (Fsp3) is 0.524. The Morgan fingerprint density at radius 2 is 2.07 bits per heavy atom. The minimum Gasteiger partial charge on any atom is -0.395 e. The summed E-state index contributed by atoms with van der Waals surface area (Å²) in [5.74, 6) is -0.847. The van der Waals surface area contributed by atoms with Crippen molar-refractivity contribution in [2.75, 3.05) is 13.2 Å². The van der Waals surface area contributed by atoms with Gasteiger partial charge in [-0.3, -0.25) is 14.3 Å². The molecule has 2 rings (SSSR count). The lowest BCUT2D eigenvalue weighted by atomic mass is 9.86. The van der Waals surface area contributed by atoms with Crippen molar-refractivity contribution >= 4 is 34.3 Å². The second-order valence-corrected chi connectivity index (χ2v) is 8.57. The molecule has 0 unspecified atom stereocenters. The van der Waals surface area contributed by atoms with E-state index in [1.807, 2.05) is 20.8 Å². The van der Waals surface area contributed by atoms with Crippen molar-refractivity contribution in [3.05, 3.63) is 28.9 Å². The normalized spacial score (nSPS) is 12.4. The van der Waals surface area contributed by atoms with Gasteiger partial charge in [-0.25, -0.2) is 0 Å². The molecule has 0 aliphatic carbocycles. The number of hydrogen-bond donors (Lipinski definition) is 3. The van der Waals surface area contributed by atoms with Crippen LogP contribution in [0.2, 0.25) is 5.02 Å². The van der Waals surface area contributed by atoms with Gasteiger partial charge in [-0.05, 0) is 36.5 Å². The van der Waals surface area contributed by atoms with Crippen LogP contribution in [0.1, 0.15) is 50.5 Å². The maximum atomic E-state index is 13.1. The molecular formula is C21H28ClN5O3. The lowest BCUT2D eigenvalue weighted by Crippen LogP contribution is -2.54. The number of unbranched alkanes of at least 4 members (excludes halogenated alkanes) is 2. The molecule has 0 spiro atoms. The molecule has 1 aromatic heterocycles. The number of nitrogens with zero attached hydrogens (tertiary/aromatic N) is 3. The van der Waals surface area contributed by atoms with Crippen molar-refractivity contribution in [3.63, 3.8) is 0 Å². The molecule has 3 N–H and O–H groups in total. The van der Waals surface area contributed by atoms with Crippen molar-refractivity contribution in [2.45, 2.75) is 52.6 Å². The molecule has 0 bridgehead atoms. The Labute approximate surface area is 181 Å². The zero-order valence-electron chi connectivity index (χ0n) is 17.5. The first-order chi connectivity index (χ1) is 14.2. The fourth-order valence-corrected chi connectivity index (χ4v) is 3.28. The van der Waals surface area contributed by atoms with Crippen LogP contribution in [0.4, 0.5) is 0 Å². The van der Waals surface area contributed by atoms with Gasteiger partial charge in [-0.1, -0.05) is 32.4 Å². The molecule has 1 aromatic carbocycles. The number of aliphatic hydroxyl groups is 1. The van der Waals surface area contributed by atoms with Crippen molar-refractivity contribution in [1.29, 1.82) is 5.26 Å². The van der Waals surface area contributed by atoms with Crippen molar-refractivity contribution in [3.8, 4) is 6.07 Å². The molecule has 0 radical (unpaired) electrons. The van der Waals surface area contributed by atoms with Crippen LogP contribution >= 0.6 is 11.6 Å². The topological polar surface area (TPSA) is 120 Å². The summed E-state index contributed by atoms with van der Waals surface area (Å²) in [5.41, 5.74) is 0.401. The predicted molar refractivity (Wildman–Crippen MR) is 115 cm³/mol. The molecule has 1 heterocycles. The minimum atomic E-state index is -0.813. The first-order valence-electron chi connectivity index (χ1n) is 9.91. The zero-order chi connectivity index (χ0) is 22.3. The second kappa shape index (κ2) is 10.4. The summed E-state index contributed by atoms with van der Waals surface area (Å²) >= 11 is 6.14. The van der Waals surface area contributed by atoms with Crippen LogP contribution < -0.4 is 10.6 Å². The van der Waals surface area contributed by atoms with Crippen LogP contribution in [0.3, 0.4) is 0 Å². The minimum absolute atomic E-state index is 0.108. The molecular weight excluding hydrogens is 406 g/mol. The van der Waals surface area contributed by atoms with E-state index < -0.39 is 17.4 Å². The number of nitrogens with one attached hydrogen (secondary N) is 2. The van der Waals surface area contributed by atoms with Gasteiger partial charge >= 0.3 is 0 Å². The summed E-state index contributed by atoms with van der Waals surface area (Å²) in [6.45, 7) is 6.03. The molecule has 0 aliphatic heterocycles. The van der Waals surface area contributed by atoms with Gasteiger partial charge in [-0.2, -0.15) is 10.4 Å². The highest BCUT2D eigenvalue weighted by Gasteiger charge is 2.33. The third kappa shape index (κ3) is 5.94. The number of nitriles is 1. The van der Waals surface area contributed by atoms with E-state index in [1.165, 1.54) is 0 Å². The fourth-order valence-electron chi connectivity index (χ4n) is 3.11. The van der Waals surface area contributed by atoms with E-state index in [1.54, 1.807) is 22.9 Å². The first kappa shape index (κ1) is 23.6. The third-order valence-corrected chi connectivity index (χ3v) is 4.89. The summed E-state index contributed by atoms with van der Waals surface area (Å²) < 4.78 is 1.73. The lowest BCUT2D eigenvalue weighted by molar-refractivity contribution is -0.125. The van der Waals surface area contributed by atoms with Gasteiger partial charge in [0.1, 0.15) is 6.04 Å². The average Bonchev–Trinajstić information content (AvgIpc) is 3.04. The van der Waals surface area contributed by atoms with E-state index in [0.717, 1.165) is 18.4 Å². The molecule has 8 nitrogen and oxygen atoms in total. The van der Waals surface area contributed by atoms with E-state index in [4.69, 9.17) is 22.0 Å². The number of aromatic nitrogens is 2. The number of carbonyl (C=O) groups excluding carboxylic acids is 2. The van der Waals surface area contributed by atoms with Gasteiger partial charge in [0.2, 0.25) is 5.91 Å². The Morgan fingerprint density at radius 1 is 1.33 bits per heavy atom. The zero-order valence-corrected chi connectivity index (χ0v) is 18.3. The predicted octanol–water partition coefficient (Wildman–Crippen LogP) is 2.64. The molecule has 2 amide bonds. The first-order valence-corrected chi connectivity index (χ1v) is 10.3. The van der Waals surface area contributed by atoms with Gasteiger partial charge in [-0.15, -0.1) is 0 Å². The van der Waals surface area contributed by atoms with E-state index in [0.29, 0.717) is 23.4 Å². The molecule has 0 saturated carbocycles. The van der Waals surface area contributed by atoms with Crippen LogP contribution in [0.25, 0.3) is 10.9 Å². The summed E-state index contributed by atoms with van der Waals surface area (Å²) in [5, 5.41) is 28.6. The second-order valence-electron chi connectivity index (χ2n) is 8.14. The Bertz CT molecular complexity index is 942. The van der Waals surface area contributed by atoms with Crippen molar-refractivity contribution in [1.82, 2.24) is 20.4 Å². The van der Waals surface area contributed by atoms with Gasteiger partial charge < -0.3 is 15.7 Å². The Hall–Kier alpha value is -2.63. The van der Waals surface area contributed by atoms with Gasteiger partial charge in [0, 0.05) is 29.9 Å². The Kier molecular flexibility index (Phi) is 8.21. The summed E-state index contributed by atoms with van der Waals surface area (Å²) in [7, 11) is 0. The highest BCUT2D eigenvalue weighted by molar-refractivity contribution is 6.31. The van der Waals surface area contributed by atoms with Gasteiger partial charge in [0.25, 0.3) is 5.91 Å². The maximum Gasteiger partial charge on any atom is 0.273 e. The van der Waals surface area contributed by atoms with E-state index >= 15 is 0 Å². The van der Waals surface area contributed by atoms with E-state index in [2.05, 4.69) is 21.8 Å². The molecule has 2 aromatic rings. The van der Waals surface area contributed by atoms with Gasteiger partial charge in [0.15, 0.2) is 5.69 Å². The smallest absolute Gasteiger partial charge is 0.273 e. The van der Waals surface area contributed by atoms with Crippen molar-refractivity contribution < 1.29 is 14.7 Å². The van der Waals surface area contributed by atoms with E-state index in [-0.39, 0.29) is 24.8 Å². The van der Waals surface area contributed by atoms with Crippen LogP contribution in [0, 0.1) is 16.7 Å². The summed E-state index contributed by atoms with van der Waals surface area (Å²) in [6, 6.07) is 6.53.